The van der Waals surface area contributed by atoms with Gasteiger partial charge in [0, 0.05) is 16.7 Å². The van der Waals surface area contributed by atoms with Crippen LogP contribution in [-0.2, 0) is 5.41 Å². The van der Waals surface area contributed by atoms with Gasteiger partial charge in [0.25, 0.3) is 0 Å². The molecular weight excluding hydrogens is 488 g/mol. The standard InChI is InChI=1S/C36H30N4/c37-22-30-8-4-7-28-18-29(11-14-32(28)30)35-39-33(26-5-2-1-3-6-26)38-34(40-35)27-9-12-31(13-10-27)36-19-23-15-24(20-36)17-25(16-23)21-36/h1-14,18,23-25H,15-17,19-21H2. The third-order valence-electron chi connectivity index (χ3n) is 9.72. The molecule has 4 heteroatoms. The second kappa shape index (κ2) is 9.10. The molecule has 194 valence electrons. The summed E-state index contributed by atoms with van der Waals surface area (Å²) in [7, 11) is 0. The van der Waals surface area contributed by atoms with Crippen molar-refractivity contribution in [3.05, 3.63) is 102 Å². The van der Waals surface area contributed by atoms with Crippen LogP contribution in [0.3, 0.4) is 0 Å². The summed E-state index contributed by atoms with van der Waals surface area (Å²) >= 11 is 0. The van der Waals surface area contributed by atoms with Crippen LogP contribution < -0.4 is 0 Å². The maximum Gasteiger partial charge on any atom is 0.164 e. The third kappa shape index (κ3) is 3.92. The fraction of sp³-hybridized carbons (Fsp3) is 0.278. The van der Waals surface area contributed by atoms with Gasteiger partial charge in [-0.05, 0) is 90.2 Å². The predicted molar refractivity (Wildman–Crippen MR) is 158 cm³/mol. The summed E-state index contributed by atoms with van der Waals surface area (Å²) in [5.41, 5.74) is 5.45. The predicted octanol–water partition coefficient (Wildman–Crippen LogP) is 8.37. The largest absolute Gasteiger partial charge is 0.208 e. The van der Waals surface area contributed by atoms with Crippen LogP contribution in [0, 0.1) is 29.1 Å². The van der Waals surface area contributed by atoms with Crippen LogP contribution in [-0.4, -0.2) is 15.0 Å². The van der Waals surface area contributed by atoms with Crippen molar-refractivity contribution in [2.75, 3.05) is 0 Å². The summed E-state index contributed by atoms with van der Waals surface area (Å²) in [6.07, 6.45) is 8.46. The van der Waals surface area contributed by atoms with Gasteiger partial charge in [0.2, 0.25) is 0 Å². The summed E-state index contributed by atoms with van der Waals surface area (Å²) in [6.45, 7) is 0. The maximum absolute atomic E-state index is 9.53. The average Bonchev–Trinajstić information content (AvgIpc) is 3.00. The van der Waals surface area contributed by atoms with Crippen molar-refractivity contribution in [3.8, 4) is 40.2 Å². The first kappa shape index (κ1) is 23.5. The lowest BCUT2D eigenvalue weighted by atomic mass is 9.48. The van der Waals surface area contributed by atoms with E-state index in [-0.39, 0.29) is 0 Å². The Hall–Kier alpha value is -4.36. The minimum Gasteiger partial charge on any atom is -0.208 e. The van der Waals surface area contributed by atoms with Crippen LogP contribution in [0.2, 0.25) is 0 Å². The Balaban J connectivity index is 1.21. The van der Waals surface area contributed by atoms with Gasteiger partial charge in [-0.1, -0.05) is 78.9 Å². The quantitative estimate of drug-likeness (QED) is 0.240. The van der Waals surface area contributed by atoms with Gasteiger partial charge in [0.1, 0.15) is 0 Å². The van der Waals surface area contributed by atoms with Gasteiger partial charge >= 0.3 is 0 Å². The van der Waals surface area contributed by atoms with E-state index in [1.54, 1.807) is 0 Å². The number of hydrogen-bond acceptors (Lipinski definition) is 4. The minimum absolute atomic E-state index is 0.375. The Kier molecular flexibility index (Phi) is 5.35. The van der Waals surface area contributed by atoms with E-state index in [2.05, 4.69) is 36.4 Å². The van der Waals surface area contributed by atoms with Crippen molar-refractivity contribution < 1.29 is 0 Å². The summed E-state index contributed by atoms with van der Waals surface area (Å²) in [5.74, 6) is 4.77. The Morgan fingerprint density at radius 2 is 1.18 bits per heavy atom. The van der Waals surface area contributed by atoms with Gasteiger partial charge in [0.05, 0.1) is 11.6 Å². The molecule has 4 aromatic carbocycles. The molecule has 4 saturated carbocycles. The second-order valence-corrected chi connectivity index (χ2v) is 12.3. The molecule has 9 rings (SSSR count). The molecule has 0 radical (unpaired) electrons. The lowest BCUT2D eigenvalue weighted by molar-refractivity contribution is -0.00518. The average molecular weight is 519 g/mol. The highest BCUT2D eigenvalue weighted by Crippen LogP contribution is 2.60. The molecule has 4 bridgehead atoms. The van der Waals surface area contributed by atoms with Crippen molar-refractivity contribution >= 4 is 10.8 Å². The van der Waals surface area contributed by atoms with Crippen LogP contribution in [0.5, 0.6) is 0 Å². The lowest BCUT2D eigenvalue weighted by Gasteiger charge is -2.57. The number of benzene rings is 4. The van der Waals surface area contributed by atoms with E-state index in [9.17, 15) is 5.26 Å². The molecule has 4 nitrogen and oxygen atoms in total. The fourth-order valence-electron chi connectivity index (χ4n) is 8.31. The van der Waals surface area contributed by atoms with Crippen LogP contribution in [0.25, 0.3) is 44.9 Å². The van der Waals surface area contributed by atoms with E-state index in [0.29, 0.717) is 28.5 Å². The zero-order valence-electron chi connectivity index (χ0n) is 22.4. The highest BCUT2D eigenvalue weighted by molar-refractivity contribution is 5.91. The van der Waals surface area contributed by atoms with Gasteiger partial charge in [-0.2, -0.15) is 5.26 Å². The molecule has 40 heavy (non-hydrogen) atoms. The molecule has 0 saturated heterocycles. The van der Waals surface area contributed by atoms with E-state index in [0.717, 1.165) is 45.2 Å². The molecule has 1 heterocycles. The number of nitriles is 1. The first-order valence-electron chi connectivity index (χ1n) is 14.5. The maximum atomic E-state index is 9.53. The molecule has 5 aromatic rings. The van der Waals surface area contributed by atoms with Crippen LogP contribution in [0.1, 0.15) is 49.7 Å². The number of nitrogens with zero attached hydrogens (tertiary/aromatic N) is 4. The summed E-state index contributed by atoms with van der Waals surface area (Å²) in [6, 6.07) is 33.4. The number of aromatic nitrogens is 3. The van der Waals surface area contributed by atoms with Gasteiger partial charge < -0.3 is 0 Å². The molecule has 4 aliphatic carbocycles. The topological polar surface area (TPSA) is 62.5 Å². The molecule has 0 amide bonds. The number of rotatable bonds is 4. The summed E-state index contributed by atoms with van der Waals surface area (Å²) < 4.78 is 0. The van der Waals surface area contributed by atoms with Gasteiger partial charge in [-0.15, -0.1) is 0 Å². The zero-order chi connectivity index (χ0) is 26.7. The van der Waals surface area contributed by atoms with E-state index in [1.165, 1.54) is 44.1 Å². The second-order valence-electron chi connectivity index (χ2n) is 12.3. The van der Waals surface area contributed by atoms with Crippen LogP contribution in [0.4, 0.5) is 0 Å². The highest BCUT2D eigenvalue weighted by Gasteiger charge is 2.51. The first-order chi connectivity index (χ1) is 19.7. The van der Waals surface area contributed by atoms with Crippen molar-refractivity contribution in [2.45, 2.75) is 43.9 Å². The third-order valence-corrected chi connectivity index (χ3v) is 9.72. The molecule has 0 unspecified atom stereocenters. The Bertz CT molecular complexity index is 1750. The Morgan fingerprint density at radius 3 is 1.80 bits per heavy atom. The molecule has 0 spiro atoms. The molecule has 0 N–H and O–H groups in total. The van der Waals surface area contributed by atoms with Gasteiger partial charge in [0.15, 0.2) is 17.5 Å². The van der Waals surface area contributed by atoms with E-state index in [1.807, 2.05) is 60.7 Å². The van der Waals surface area contributed by atoms with E-state index < -0.39 is 0 Å². The summed E-state index contributed by atoms with van der Waals surface area (Å²) in [4.78, 5) is 14.8. The number of fused-ring (bicyclic) bond motifs is 1. The Labute approximate surface area is 234 Å². The summed E-state index contributed by atoms with van der Waals surface area (Å²) in [5, 5.41) is 11.5. The van der Waals surface area contributed by atoms with Gasteiger partial charge in [-0.25, -0.2) is 15.0 Å². The normalized spacial score (nSPS) is 24.7. The van der Waals surface area contributed by atoms with Crippen LogP contribution in [0.15, 0.2) is 91.0 Å². The van der Waals surface area contributed by atoms with E-state index in [4.69, 9.17) is 15.0 Å². The smallest absolute Gasteiger partial charge is 0.164 e. The molecule has 4 aliphatic rings. The zero-order valence-corrected chi connectivity index (χ0v) is 22.4. The highest BCUT2D eigenvalue weighted by atomic mass is 15.0. The fourth-order valence-corrected chi connectivity index (χ4v) is 8.31. The molecule has 0 atom stereocenters. The van der Waals surface area contributed by atoms with Crippen molar-refractivity contribution in [1.29, 1.82) is 5.26 Å². The van der Waals surface area contributed by atoms with E-state index >= 15 is 0 Å². The molecular formula is C36H30N4. The lowest BCUT2D eigenvalue weighted by Crippen LogP contribution is -2.48. The molecule has 0 aliphatic heterocycles. The first-order valence-corrected chi connectivity index (χ1v) is 14.5. The SMILES string of the molecule is N#Cc1cccc2cc(-c3nc(-c4ccccc4)nc(-c4ccc(C56CC7CC(CC(C7)C5)C6)cc4)n3)ccc12. The minimum atomic E-state index is 0.375. The van der Waals surface area contributed by atoms with Crippen LogP contribution >= 0.6 is 0 Å². The Morgan fingerprint density at radius 1 is 0.600 bits per heavy atom. The van der Waals surface area contributed by atoms with Crippen molar-refractivity contribution in [2.24, 2.45) is 17.8 Å². The van der Waals surface area contributed by atoms with Gasteiger partial charge in [-0.3, -0.25) is 0 Å². The van der Waals surface area contributed by atoms with Crippen molar-refractivity contribution in [1.82, 2.24) is 15.0 Å². The van der Waals surface area contributed by atoms with Crippen molar-refractivity contribution in [3.63, 3.8) is 0 Å². The molecule has 1 aromatic heterocycles. The monoisotopic (exact) mass is 518 g/mol. The number of hydrogen-bond donors (Lipinski definition) is 0. The molecule has 4 fully saturated rings.